The Balaban J connectivity index is 2.06. The molecule has 0 radical (unpaired) electrons. The molecule has 1 aromatic carbocycles. The smallest absolute Gasteiger partial charge is 0.248 e. The van der Waals surface area contributed by atoms with E-state index in [1.165, 1.54) is 35.8 Å². The van der Waals surface area contributed by atoms with Gasteiger partial charge in [0.15, 0.2) is 0 Å². The normalized spacial score (nSPS) is 17.3. The quantitative estimate of drug-likeness (QED) is 0.494. The van der Waals surface area contributed by atoms with E-state index in [2.05, 4.69) is 38.7 Å². The Morgan fingerprint density at radius 1 is 1.30 bits per heavy atom. The second kappa shape index (κ2) is 8.30. The van der Waals surface area contributed by atoms with Gasteiger partial charge in [-0.1, -0.05) is 32.1 Å². The zero-order chi connectivity index (χ0) is 20.2. The standard InChI is InChI=1S/C23H29NO3/c1-15-7-6-12-23(4,5)20(15)11-8-17(3)24-22(27)13-16(2)19-10-9-18(25)14-21(19)26/h8-11,13-14,25-26H,3,6-7,12H2,1-2,4-5H3,(H,24,27)/b11-8+,16-13+. The topological polar surface area (TPSA) is 69.6 Å². The van der Waals surface area contributed by atoms with Crippen molar-refractivity contribution in [2.24, 2.45) is 5.41 Å². The van der Waals surface area contributed by atoms with E-state index in [0.29, 0.717) is 16.8 Å². The number of amides is 1. The molecule has 0 spiro atoms. The molecular formula is C23H29NO3. The number of allylic oxidation sites excluding steroid dienone is 5. The number of aromatic hydroxyl groups is 2. The Hall–Kier alpha value is -2.75. The van der Waals surface area contributed by atoms with Crippen LogP contribution < -0.4 is 5.32 Å². The predicted octanol–water partition coefficient (Wildman–Crippen LogP) is 5.21. The molecule has 3 N–H and O–H groups in total. The second-order valence-corrected chi connectivity index (χ2v) is 7.81. The molecule has 0 heterocycles. The van der Waals surface area contributed by atoms with Crippen molar-refractivity contribution in [3.63, 3.8) is 0 Å². The van der Waals surface area contributed by atoms with Crippen LogP contribution in [0.3, 0.4) is 0 Å². The van der Waals surface area contributed by atoms with Crippen molar-refractivity contribution in [1.82, 2.24) is 5.32 Å². The molecule has 144 valence electrons. The molecule has 1 amide bonds. The third kappa shape index (κ3) is 5.36. The van der Waals surface area contributed by atoms with Crippen LogP contribution in [-0.4, -0.2) is 16.1 Å². The lowest BCUT2D eigenvalue weighted by Crippen LogP contribution is -2.20. The summed E-state index contributed by atoms with van der Waals surface area (Å²) in [6.45, 7) is 12.3. The van der Waals surface area contributed by atoms with Crippen LogP contribution >= 0.6 is 0 Å². The van der Waals surface area contributed by atoms with Gasteiger partial charge in [-0.3, -0.25) is 4.79 Å². The minimum absolute atomic E-state index is 0.0257. The Labute approximate surface area is 161 Å². The molecule has 1 aliphatic carbocycles. The van der Waals surface area contributed by atoms with Crippen molar-refractivity contribution in [3.8, 4) is 11.5 Å². The van der Waals surface area contributed by atoms with Gasteiger partial charge in [0.2, 0.25) is 5.91 Å². The maximum atomic E-state index is 12.2. The van der Waals surface area contributed by atoms with Crippen LogP contribution in [0.4, 0.5) is 0 Å². The number of hydrogen-bond acceptors (Lipinski definition) is 3. The SMILES string of the molecule is C=C(/C=C/C1=C(C)CCCC1(C)C)NC(=O)/C=C(\C)c1ccc(O)cc1O. The van der Waals surface area contributed by atoms with Gasteiger partial charge in [-0.2, -0.15) is 0 Å². The predicted molar refractivity (Wildman–Crippen MR) is 110 cm³/mol. The van der Waals surface area contributed by atoms with Crippen molar-refractivity contribution in [3.05, 3.63) is 65.4 Å². The molecule has 27 heavy (non-hydrogen) atoms. The molecule has 0 aromatic heterocycles. The molecule has 2 rings (SSSR count). The molecule has 0 fully saturated rings. The molecule has 0 unspecified atom stereocenters. The summed E-state index contributed by atoms with van der Waals surface area (Å²) in [5.74, 6) is -0.414. The number of rotatable bonds is 5. The number of nitrogens with one attached hydrogen (secondary N) is 1. The highest BCUT2D eigenvalue weighted by Crippen LogP contribution is 2.40. The highest BCUT2D eigenvalue weighted by molar-refractivity contribution is 5.96. The second-order valence-electron chi connectivity index (χ2n) is 7.81. The van der Waals surface area contributed by atoms with Gasteiger partial charge in [0.1, 0.15) is 11.5 Å². The molecule has 0 aliphatic heterocycles. The fourth-order valence-corrected chi connectivity index (χ4v) is 3.56. The number of benzene rings is 1. The maximum Gasteiger partial charge on any atom is 0.248 e. The fourth-order valence-electron chi connectivity index (χ4n) is 3.56. The lowest BCUT2D eigenvalue weighted by Gasteiger charge is -2.32. The van der Waals surface area contributed by atoms with E-state index in [0.717, 1.165) is 12.8 Å². The Kier molecular flexibility index (Phi) is 6.32. The molecule has 0 saturated carbocycles. The van der Waals surface area contributed by atoms with Gasteiger partial charge in [-0.15, -0.1) is 0 Å². The molecule has 0 saturated heterocycles. The fraction of sp³-hybridized carbons (Fsp3) is 0.348. The number of phenols is 2. The monoisotopic (exact) mass is 367 g/mol. The summed E-state index contributed by atoms with van der Waals surface area (Å²) >= 11 is 0. The minimum atomic E-state index is -0.316. The Morgan fingerprint density at radius 2 is 2.00 bits per heavy atom. The first-order valence-corrected chi connectivity index (χ1v) is 9.19. The summed E-state index contributed by atoms with van der Waals surface area (Å²) in [5.41, 5.74) is 4.43. The third-order valence-corrected chi connectivity index (χ3v) is 5.03. The van der Waals surface area contributed by atoms with Gasteiger partial charge < -0.3 is 15.5 Å². The summed E-state index contributed by atoms with van der Waals surface area (Å²) in [7, 11) is 0. The minimum Gasteiger partial charge on any atom is -0.508 e. The van der Waals surface area contributed by atoms with Gasteiger partial charge in [0.05, 0.1) is 0 Å². The highest BCUT2D eigenvalue weighted by atomic mass is 16.3. The lowest BCUT2D eigenvalue weighted by molar-refractivity contribution is -0.115. The first-order chi connectivity index (χ1) is 12.6. The molecule has 4 heteroatoms. The van der Waals surface area contributed by atoms with E-state index in [9.17, 15) is 15.0 Å². The number of carbonyl (C=O) groups is 1. The van der Waals surface area contributed by atoms with Gasteiger partial charge in [0.25, 0.3) is 0 Å². The van der Waals surface area contributed by atoms with Gasteiger partial charge in [-0.25, -0.2) is 0 Å². The van der Waals surface area contributed by atoms with Crippen molar-refractivity contribution >= 4 is 11.5 Å². The van der Waals surface area contributed by atoms with E-state index in [1.807, 2.05) is 6.08 Å². The van der Waals surface area contributed by atoms with Crippen molar-refractivity contribution in [2.75, 3.05) is 0 Å². The van der Waals surface area contributed by atoms with Crippen LogP contribution in [0.1, 0.15) is 52.5 Å². The summed E-state index contributed by atoms with van der Waals surface area (Å²) in [6, 6.07) is 4.28. The zero-order valence-electron chi connectivity index (χ0n) is 16.6. The van der Waals surface area contributed by atoms with E-state index in [-0.39, 0.29) is 22.8 Å². The third-order valence-electron chi connectivity index (χ3n) is 5.03. The molecular weight excluding hydrogens is 338 g/mol. The zero-order valence-corrected chi connectivity index (χ0v) is 16.6. The number of carbonyl (C=O) groups excluding carboxylic acids is 1. The van der Waals surface area contributed by atoms with E-state index in [1.54, 1.807) is 13.0 Å². The van der Waals surface area contributed by atoms with E-state index >= 15 is 0 Å². The summed E-state index contributed by atoms with van der Waals surface area (Å²) < 4.78 is 0. The van der Waals surface area contributed by atoms with Crippen LogP contribution in [-0.2, 0) is 4.79 Å². The first kappa shape index (κ1) is 20.6. The maximum absolute atomic E-state index is 12.2. The average molecular weight is 367 g/mol. The van der Waals surface area contributed by atoms with Crippen LogP contribution in [0.15, 0.2) is 59.8 Å². The van der Waals surface area contributed by atoms with Crippen LogP contribution in [0.5, 0.6) is 11.5 Å². The highest BCUT2D eigenvalue weighted by Gasteiger charge is 2.26. The summed E-state index contributed by atoms with van der Waals surface area (Å²) in [5, 5.41) is 22.0. The van der Waals surface area contributed by atoms with Crippen LogP contribution in [0, 0.1) is 5.41 Å². The molecule has 4 nitrogen and oxygen atoms in total. The number of phenolic OH excluding ortho intramolecular Hbond substituents is 2. The van der Waals surface area contributed by atoms with Crippen molar-refractivity contribution in [2.45, 2.75) is 47.0 Å². The summed E-state index contributed by atoms with van der Waals surface area (Å²) in [4.78, 5) is 12.2. The largest absolute Gasteiger partial charge is 0.508 e. The molecule has 1 aliphatic rings. The lowest BCUT2D eigenvalue weighted by atomic mass is 9.72. The average Bonchev–Trinajstić information content (AvgIpc) is 2.53. The van der Waals surface area contributed by atoms with E-state index in [4.69, 9.17) is 0 Å². The van der Waals surface area contributed by atoms with Crippen LogP contribution in [0.25, 0.3) is 5.57 Å². The van der Waals surface area contributed by atoms with Crippen molar-refractivity contribution in [1.29, 1.82) is 0 Å². The van der Waals surface area contributed by atoms with Crippen LogP contribution in [0.2, 0.25) is 0 Å². The first-order valence-electron chi connectivity index (χ1n) is 9.19. The van der Waals surface area contributed by atoms with Gasteiger partial charge in [-0.05, 0) is 67.9 Å². The Bertz CT molecular complexity index is 841. The van der Waals surface area contributed by atoms with E-state index < -0.39 is 0 Å². The number of hydrogen-bond donors (Lipinski definition) is 3. The van der Waals surface area contributed by atoms with Gasteiger partial charge in [0, 0.05) is 23.4 Å². The summed E-state index contributed by atoms with van der Waals surface area (Å²) in [6.07, 6.45) is 8.77. The molecule has 0 bridgehead atoms. The molecule has 1 aromatic rings. The van der Waals surface area contributed by atoms with Crippen molar-refractivity contribution < 1.29 is 15.0 Å². The van der Waals surface area contributed by atoms with Gasteiger partial charge >= 0.3 is 0 Å². The molecule has 0 atom stereocenters. The Morgan fingerprint density at radius 3 is 2.63 bits per heavy atom.